The van der Waals surface area contributed by atoms with Gasteiger partial charge in [-0.2, -0.15) is 5.10 Å². The number of methoxy groups -OCH3 is 1. The van der Waals surface area contributed by atoms with E-state index in [4.69, 9.17) is 4.74 Å². The van der Waals surface area contributed by atoms with Crippen LogP contribution in [0.5, 0.6) is 5.88 Å². The molecule has 2 heterocycles. The van der Waals surface area contributed by atoms with Crippen LogP contribution in [0.2, 0.25) is 0 Å². The molecule has 0 aliphatic rings. The third-order valence-electron chi connectivity index (χ3n) is 3.07. The first-order valence-corrected chi connectivity index (χ1v) is 7.00. The molecular weight excluding hydrogens is 268 g/mol. The second-order valence-corrected chi connectivity index (χ2v) is 4.79. The number of pyridine rings is 1. The minimum atomic E-state index is -0.206. The molecule has 0 unspecified atom stereocenters. The quantitative estimate of drug-likeness (QED) is 0.887. The number of nitrogens with zero attached hydrogens (tertiary/aromatic N) is 3. The monoisotopic (exact) mass is 288 g/mol. The van der Waals surface area contributed by atoms with E-state index in [9.17, 15) is 4.79 Å². The summed E-state index contributed by atoms with van der Waals surface area (Å²) >= 11 is 0. The number of carbonyl (C=O) groups excluding carboxylic acids is 1. The van der Waals surface area contributed by atoms with E-state index in [-0.39, 0.29) is 5.91 Å². The SMILES string of the molecule is CCCCn1nc(C)cc1NC(=O)c1ccc(OC)nc1. The molecule has 0 spiro atoms. The van der Waals surface area contributed by atoms with Crippen LogP contribution >= 0.6 is 0 Å². The summed E-state index contributed by atoms with van der Waals surface area (Å²) in [6.45, 7) is 4.82. The van der Waals surface area contributed by atoms with E-state index in [1.807, 2.05) is 17.7 Å². The molecular formula is C15H20N4O2. The molecule has 2 aromatic rings. The van der Waals surface area contributed by atoms with Gasteiger partial charge in [-0.05, 0) is 19.4 Å². The number of rotatable bonds is 6. The van der Waals surface area contributed by atoms with Crippen molar-refractivity contribution in [2.24, 2.45) is 0 Å². The van der Waals surface area contributed by atoms with Crippen LogP contribution in [0.4, 0.5) is 5.82 Å². The largest absolute Gasteiger partial charge is 0.481 e. The van der Waals surface area contributed by atoms with Crippen LogP contribution in [0.25, 0.3) is 0 Å². The van der Waals surface area contributed by atoms with Gasteiger partial charge in [0.2, 0.25) is 5.88 Å². The maximum absolute atomic E-state index is 12.2. The highest BCUT2D eigenvalue weighted by Gasteiger charge is 2.11. The van der Waals surface area contributed by atoms with Crippen LogP contribution in [0.1, 0.15) is 35.8 Å². The van der Waals surface area contributed by atoms with E-state index < -0.39 is 0 Å². The lowest BCUT2D eigenvalue weighted by Gasteiger charge is -2.08. The number of amides is 1. The predicted molar refractivity (Wildman–Crippen MR) is 80.6 cm³/mol. The van der Waals surface area contributed by atoms with E-state index in [0.29, 0.717) is 17.3 Å². The van der Waals surface area contributed by atoms with Gasteiger partial charge < -0.3 is 10.1 Å². The molecule has 0 fully saturated rings. The van der Waals surface area contributed by atoms with Crippen molar-refractivity contribution in [2.75, 3.05) is 12.4 Å². The highest BCUT2D eigenvalue weighted by molar-refractivity contribution is 6.03. The molecule has 2 aromatic heterocycles. The lowest BCUT2D eigenvalue weighted by Crippen LogP contribution is -2.16. The minimum absolute atomic E-state index is 0.206. The Balaban J connectivity index is 2.11. The summed E-state index contributed by atoms with van der Waals surface area (Å²) in [6.07, 6.45) is 3.59. The van der Waals surface area contributed by atoms with Crippen molar-refractivity contribution >= 4 is 11.7 Å². The Bertz CT molecular complexity index is 605. The molecule has 0 bridgehead atoms. The molecule has 1 N–H and O–H groups in total. The van der Waals surface area contributed by atoms with Crippen molar-refractivity contribution in [1.29, 1.82) is 0 Å². The second-order valence-electron chi connectivity index (χ2n) is 4.79. The number of unbranched alkanes of at least 4 members (excludes halogenated alkanes) is 1. The smallest absolute Gasteiger partial charge is 0.258 e. The summed E-state index contributed by atoms with van der Waals surface area (Å²) in [7, 11) is 1.54. The van der Waals surface area contributed by atoms with E-state index >= 15 is 0 Å². The number of carbonyl (C=O) groups is 1. The zero-order valence-electron chi connectivity index (χ0n) is 12.6. The Hall–Kier alpha value is -2.37. The number of ether oxygens (including phenoxy) is 1. The molecule has 0 saturated heterocycles. The van der Waals surface area contributed by atoms with Crippen LogP contribution < -0.4 is 10.1 Å². The van der Waals surface area contributed by atoms with Gasteiger partial charge in [0.05, 0.1) is 18.4 Å². The second kappa shape index (κ2) is 6.88. The summed E-state index contributed by atoms with van der Waals surface area (Å²) in [5.74, 6) is 0.986. The summed E-state index contributed by atoms with van der Waals surface area (Å²) in [5, 5.41) is 7.26. The summed E-state index contributed by atoms with van der Waals surface area (Å²) in [5.41, 5.74) is 1.37. The van der Waals surface area contributed by atoms with Gasteiger partial charge >= 0.3 is 0 Å². The predicted octanol–water partition coefficient (Wildman–Crippen LogP) is 2.65. The number of hydrogen-bond donors (Lipinski definition) is 1. The molecule has 0 saturated carbocycles. The van der Waals surface area contributed by atoms with E-state index in [1.165, 1.54) is 13.3 Å². The maximum Gasteiger partial charge on any atom is 0.258 e. The fourth-order valence-electron chi connectivity index (χ4n) is 1.95. The third kappa shape index (κ3) is 3.81. The molecule has 6 nitrogen and oxygen atoms in total. The van der Waals surface area contributed by atoms with Crippen molar-refractivity contribution in [1.82, 2.24) is 14.8 Å². The van der Waals surface area contributed by atoms with Gasteiger partial charge in [-0.25, -0.2) is 9.67 Å². The average Bonchev–Trinajstić information content (AvgIpc) is 2.84. The van der Waals surface area contributed by atoms with Crippen molar-refractivity contribution in [3.63, 3.8) is 0 Å². The van der Waals surface area contributed by atoms with Crippen molar-refractivity contribution < 1.29 is 9.53 Å². The van der Waals surface area contributed by atoms with Crippen LogP contribution in [0.3, 0.4) is 0 Å². The first kappa shape index (κ1) is 15.0. The molecule has 0 aliphatic carbocycles. The number of hydrogen-bond acceptors (Lipinski definition) is 4. The standard InChI is InChI=1S/C15H20N4O2/c1-4-5-8-19-13(9-11(2)18-19)17-15(20)12-6-7-14(21-3)16-10-12/h6-7,9-10H,4-5,8H2,1-3H3,(H,17,20). The minimum Gasteiger partial charge on any atom is -0.481 e. The Morgan fingerprint density at radius 2 is 2.24 bits per heavy atom. The summed E-state index contributed by atoms with van der Waals surface area (Å²) < 4.78 is 6.80. The molecule has 0 atom stereocenters. The number of anilines is 1. The van der Waals surface area contributed by atoms with E-state index in [1.54, 1.807) is 12.1 Å². The molecule has 0 aliphatic heterocycles. The summed E-state index contributed by atoms with van der Waals surface area (Å²) in [6, 6.07) is 5.21. The molecule has 0 aromatic carbocycles. The van der Waals surface area contributed by atoms with E-state index in [2.05, 4.69) is 22.3 Å². The Kier molecular flexibility index (Phi) is 4.92. The van der Waals surface area contributed by atoms with Gasteiger partial charge in [0, 0.05) is 24.9 Å². The highest BCUT2D eigenvalue weighted by Crippen LogP contribution is 2.14. The number of aryl methyl sites for hydroxylation is 2. The Morgan fingerprint density at radius 3 is 2.86 bits per heavy atom. The fourth-order valence-corrected chi connectivity index (χ4v) is 1.95. The van der Waals surface area contributed by atoms with E-state index in [0.717, 1.165) is 25.1 Å². The summed E-state index contributed by atoms with van der Waals surface area (Å²) in [4.78, 5) is 16.2. The third-order valence-corrected chi connectivity index (χ3v) is 3.07. The molecule has 6 heteroatoms. The molecule has 0 radical (unpaired) electrons. The van der Waals surface area contributed by atoms with Gasteiger partial charge in [0.15, 0.2) is 0 Å². The van der Waals surface area contributed by atoms with Crippen LogP contribution in [-0.2, 0) is 6.54 Å². The van der Waals surface area contributed by atoms with Gasteiger partial charge in [-0.15, -0.1) is 0 Å². The van der Waals surface area contributed by atoms with Crippen molar-refractivity contribution in [3.8, 4) is 5.88 Å². The number of nitrogens with one attached hydrogen (secondary N) is 1. The van der Waals surface area contributed by atoms with Crippen LogP contribution in [-0.4, -0.2) is 27.8 Å². The first-order valence-electron chi connectivity index (χ1n) is 7.00. The lowest BCUT2D eigenvalue weighted by molar-refractivity contribution is 0.102. The van der Waals surface area contributed by atoms with Gasteiger partial charge in [0.1, 0.15) is 5.82 Å². The average molecular weight is 288 g/mol. The molecule has 1 amide bonds. The van der Waals surface area contributed by atoms with Crippen LogP contribution in [0.15, 0.2) is 24.4 Å². The highest BCUT2D eigenvalue weighted by atomic mass is 16.5. The molecule has 2 rings (SSSR count). The van der Waals surface area contributed by atoms with Crippen LogP contribution in [0, 0.1) is 6.92 Å². The van der Waals surface area contributed by atoms with Crippen molar-refractivity contribution in [3.05, 3.63) is 35.7 Å². The Labute approximate surface area is 124 Å². The zero-order valence-corrected chi connectivity index (χ0v) is 12.6. The topological polar surface area (TPSA) is 69.0 Å². The van der Waals surface area contributed by atoms with Gasteiger partial charge in [0.25, 0.3) is 5.91 Å². The lowest BCUT2D eigenvalue weighted by atomic mass is 10.2. The molecule has 21 heavy (non-hydrogen) atoms. The van der Waals surface area contributed by atoms with Crippen molar-refractivity contribution in [2.45, 2.75) is 33.2 Å². The zero-order chi connectivity index (χ0) is 15.2. The van der Waals surface area contributed by atoms with Gasteiger partial charge in [-0.1, -0.05) is 13.3 Å². The first-order chi connectivity index (χ1) is 10.1. The fraction of sp³-hybridized carbons (Fsp3) is 0.400. The normalized spacial score (nSPS) is 10.4. The maximum atomic E-state index is 12.2. The molecule has 112 valence electrons. The Morgan fingerprint density at radius 1 is 1.43 bits per heavy atom. The van der Waals surface area contributed by atoms with Gasteiger partial charge in [-0.3, -0.25) is 4.79 Å². The number of aromatic nitrogens is 3.